The van der Waals surface area contributed by atoms with Gasteiger partial charge in [0.1, 0.15) is 11.6 Å². The molecule has 0 aliphatic carbocycles. The maximum atomic E-state index is 13.5. The third-order valence-corrected chi connectivity index (χ3v) is 2.77. The first-order chi connectivity index (χ1) is 9.36. The van der Waals surface area contributed by atoms with Crippen LogP contribution in [0.1, 0.15) is 23.2 Å². The minimum absolute atomic E-state index is 0.155. The van der Waals surface area contributed by atoms with Crippen molar-refractivity contribution >= 4 is 17.6 Å². The number of esters is 1. The zero-order valence-corrected chi connectivity index (χ0v) is 11.3. The average molecular weight is 286 g/mol. The van der Waals surface area contributed by atoms with Crippen LogP contribution < -0.4 is 5.73 Å². The highest BCUT2D eigenvalue weighted by Gasteiger charge is 2.18. The zero-order chi connectivity index (χ0) is 15.3. The Labute approximate surface area is 115 Å². The molecule has 0 atom stereocenters. The van der Waals surface area contributed by atoms with Gasteiger partial charge < -0.3 is 15.4 Å². The molecule has 0 fully saturated rings. The lowest BCUT2D eigenvalue weighted by Gasteiger charge is -2.17. The second kappa shape index (κ2) is 6.83. The summed E-state index contributed by atoms with van der Waals surface area (Å²) in [6.45, 7) is 0.241. The molecule has 0 spiro atoms. The predicted octanol–water partition coefficient (Wildman–Crippen LogP) is 1.57. The van der Waals surface area contributed by atoms with Crippen molar-refractivity contribution in [2.45, 2.75) is 12.8 Å². The summed E-state index contributed by atoms with van der Waals surface area (Å²) in [6.07, 6.45) is 0.537. The standard InChI is InChI=1S/C13H16F2N2O3/c1-17(5-3-4-12(18)20-2)13(19)8-6-11(16)10(15)7-9(8)14/h6-7H,3-5,16H2,1-2H3. The highest BCUT2D eigenvalue weighted by atomic mass is 19.1. The number of nitrogen functional groups attached to an aromatic ring is 1. The Morgan fingerprint density at radius 1 is 1.30 bits per heavy atom. The highest BCUT2D eigenvalue weighted by molar-refractivity contribution is 5.95. The summed E-state index contributed by atoms with van der Waals surface area (Å²) in [5, 5.41) is 0. The lowest BCUT2D eigenvalue weighted by molar-refractivity contribution is -0.140. The van der Waals surface area contributed by atoms with Crippen LogP contribution in [0.15, 0.2) is 12.1 Å². The second-order valence-corrected chi connectivity index (χ2v) is 4.26. The summed E-state index contributed by atoms with van der Waals surface area (Å²) in [5.74, 6) is -2.89. The third-order valence-electron chi connectivity index (χ3n) is 2.77. The van der Waals surface area contributed by atoms with E-state index in [9.17, 15) is 18.4 Å². The SMILES string of the molecule is COC(=O)CCCN(C)C(=O)c1cc(N)c(F)cc1F. The molecule has 1 amide bonds. The van der Waals surface area contributed by atoms with Gasteiger partial charge in [0.2, 0.25) is 0 Å². The fourth-order valence-corrected chi connectivity index (χ4v) is 1.60. The van der Waals surface area contributed by atoms with E-state index in [0.717, 1.165) is 6.07 Å². The normalized spacial score (nSPS) is 10.2. The van der Waals surface area contributed by atoms with Crippen molar-refractivity contribution in [2.24, 2.45) is 0 Å². The van der Waals surface area contributed by atoms with Gasteiger partial charge in [-0.1, -0.05) is 0 Å². The molecule has 0 saturated heterocycles. The third kappa shape index (κ3) is 3.91. The van der Waals surface area contributed by atoms with E-state index >= 15 is 0 Å². The molecular weight excluding hydrogens is 270 g/mol. The van der Waals surface area contributed by atoms with Gasteiger partial charge in [-0.2, -0.15) is 0 Å². The first-order valence-corrected chi connectivity index (χ1v) is 5.93. The number of hydrogen-bond donors (Lipinski definition) is 1. The molecule has 110 valence electrons. The molecule has 7 heteroatoms. The molecule has 0 bridgehead atoms. The summed E-state index contributed by atoms with van der Waals surface area (Å²) in [4.78, 5) is 24.1. The summed E-state index contributed by atoms with van der Waals surface area (Å²) >= 11 is 0. The molecule has 0 aromatic heterocycles. The van der Waals surface area contributed by atoms with E-state index in [0.29, 0.717) is 12.5 Å². The van der Waals surface area contributed by atoms with Crippen LogP contribution in [0.3, 0.4) is 0 Å². The number of nitrogens with zero attached hydrogens (tertiary/aromatic N) is 1. The van der Waals surface area contributed by atoms with Crippen LogP contribution in [0.4, 0.5) is 14.5 Å². The van der Waals surface area contributed by atoms with Gasteiger partial charge >= 0.3 is 5.97 Å². The van der Waals surface area contributed by atoms with Gasteiger partial charge in [0.15, 0.2) is 0 Å². The topological polar surface area (TPSA) is 72.6 Å². The highest BCUT2D eigenvalue weighted by Crippen LogP contribution is 2.18. The van der Waals surface area contributed by atoms with E-state index in [-0.39, 0.29) is 30.2 Å². The average Bonchev–Trinajstić information content (AvgIpc) is 2.41. The molecule has 1 rings (SSSR count). The number of ether oxygens (including phenoxy) is 1. The van der Waals surface area contributed by atoms with Crippen molar-refractivity contribution < 1.29 is 23.1 Å². The van der Waals surface area contributed by atoms with Crippen molar-refractivity contribution in [1.82, 2.24) is 4.90 Å². The summed E-state index contributed by atoms with van der Waals surface area (Å²) in [7, 11) is 2.73. The summed E-state index contributed by atoms with van der Waals surface area (Å²) in [6, 6.07) is 1.54. The van der Waals surface area contributed by atoms with Crippen LogP contribution in [0.25, 0.3) is 0 Å². The predicted molar refractivity (Wildman–Crippen MR) is 69.0 cm³/mol. The van der Waals surface area contributed by atoms with Crippen molar-refractivity contribution in [3.63, 3.8) is 0 Å². The van der Waals surface area contributed by atoms with E-state index in [4.69, 9.17) is 5.73 Å². The zero-order valence-electron chi connectivity index (χ0n) is 11.3. The fraction of sp³-hybridized carbons (Fsp3) is 0.385. The van der Waals surface area contributed by atoms with Gasteiger partial charge in [0.05, 0.1) is 18.4 Å². The first-order valence-electron chi connectivity index (χ1n) is 5.93. The van der Waals surface area contributed by atoms with E-state index in [1.807, 2.05) is 0 Å². The van der Waals surface area contributed by atoms with E-state index in [1.54, 1.807) is 0 Å². The molecule has 1 aromatic rings. The molecule has 0 aliphatic rings. The number of carbonyl (C=O) groups excluding carboxylic acids is 2. The maximum absolute atomic E-state index is 13.5. The first kappa shape index (κ1) is 15.9. The van der Waals surface area contributed by atoms with Crippen LogP contribution in [-0.4, -0.2) is 37.5 Å². The Kier molecular flexibility index (Phi) is 5.42. The van der Waals surface area contributed by atoms with E-state index in [1.165, 1.54) is 19.1 Å². The minimum Gasteiger partial charge on any atom is -0.469 e. The van der Waals surface area contributed by atoms with Gasteiger partial charge in [0.25, 0.3) is 5.91 Å². The molecule has 0 heterocycles. The molecule has 0 unspecified atom stereocenters. The summed E-state index contributed by atoms with van der Waals surface area (Å²) < 4.78 is 31.0. The van der Waals surface area contributed by atoms with Gasteiger partial charge in [-0.05, 0) is 12.5 Å². The molecule has 0 aliphatic heterocycles. The van der Waals surface area contributed by atoms with Crippen LogP contribution in [-0.2, 0) is 9.53 Å². The van der Waals surface area contributed by atoms with Crippen LogP contribution in [0, 0.1) is 11.6 Å². The van der Waals surface area contributed by atoms with Gasteiger partial charge in [-0.3, -0.25) is 9.59 Å². The number of methoxy groups -OCH3 is 1. The largest absolute Gasteiger partial charge is 0.469 e. The quantitative estimate of drug-likeness (QED) is 0.658. The number of carbonyl (C=O) groups is 2. The molecule has 5 nitrogen and oxygen atoms in total. The van der Waals surface area contributed by atoms with Crippen LogP contribution in [0.2, 0.25) is 0 Å². The van der Waals surface area contributed by atoms with Crippen molar-refractivity contribution in [3.8, 4) is 0 Å². The van der Waals surface area contributed by atoms with Crippen molar-refractivity contribution in [1.29, 1.82) is 0 Å². The van der Waals surface area contributed by atoms with Gasteiger partial charge in [0, 0.05) is 26.1 Å². The van der Waals surface area contributed by atoms with E-state index in [2.05, 4.69) is 4.74 Å². The van der Waals surface area contributed by atoms with E-state index < -0.39 is 17.5 Å². The molecule has 0 saturated carbocycles. The Balaban J connectivity index is 2.70. The number of nitrogens with two attached hydrogens (primary N) is 1. The van der Waals surface area contributed by atoms with Gasteiger partial charge in [-0.15, -0.1) is 0 Å². The summed E-state index contributed by atoms with van der Waals surface area (Å²) in [5.41, 5.74) is 4.72. The fourth-order valence-electron chi connectivity index (χ4n) is 1.60. The monoisotopic (exact) mass is 286 g/mol. The minimum atomic E-state index is -0.971. The Morgan fingerprint density at radius 3 is 2.55 bits per heavy atom. The molecule has 0 radical (unpaired) electrons. The number of anilines is 1. The Morgan fingerprint density at radius 2 is 1.95 bits per heavy atom. The smallest absolute Gasteiger partial charge is 0.305 e. The number of hydrogen-bond acceptors (Lipinski definition) is 4. The Bertz CT molecular complexity index is 521. The van der Waals surface area contributed by atoms with Crippen LogP contribution in [0.5, 0.6) is 0 Å². The number of amides is 1. The second-order valence-electron chi connectivity index (χ2n) is 4.26. The van der Waals surface area contributed by atoms with Crippen molar-refractivity contribution in [2.75, 3.05) is 26.4 Å². The lowest BCUT2D eigenvalue weighted by atomic mass is 10.1. The van der Waals surface area contributed by atoms with Crippen LogP contribution >= 0.6 is 0 Å². The molecule has 2 N–H and O–H groups in total. The number of halogens is 2. The lowest BCUT2D eigenvalue weighted by Crippen LogP contribution is -2.29. The molecule has 1 aromatic carbocycles. The number of benzene rings is 1. The number of rotatable bonds is 5. The molecule has 20 heavy (non-hydrogen) atoms. The van der Waals surface area contributed by atoms with Crippen molar-refractivity contribution in [3.05, 3.63) is 29.3 Å². The molecular formula is C13H16F2N2O3. The van der Waals surface area contributed by atoms with Gasteiger partial charge in [-0.25, -0.2) is 8.78 Å². The Hall–Kier alpha value is -2.18. The maximum Gasteiger partial charge on any atom is 0.305 e.